The normalized spacial score (nSPS) is 12.7. The van der Waals surface area contributed by atoms with Crippen LogP contribution in [0.5, 0.6) is 0 Å². The molecule has 6 nitrogen and oxygen atoms in total. The van der Waals surface area contributed by atoms with Crippen molar-refractivity contribution in [1.82, 2.24) is 21.3 Å². The third-order valence-electron chi connectivity index (χ3n) is 8.30. The van der Waals surface area contributed by atoms with Gasteiger partial charge in [-0.1, -0.05) is 109 Å². The lowest BCUT2D eigenvalue weighted by Crippen LogP contribution is -2.30. The van der Waals surface area contributed by atoms with Gasteiger partial charge in [-0.15, -0.1) is 0 Å². The minimum absolute atomic E-state index is 0.114. The van der Waals surface area contributed by atoms with E-state index in [9.17, 15) is 0 Å². The van der Waals surface area contributed by atoms with Crippen LogP contribution in [0.15, 0.2) is 109 Å². The van der Waals surface area contributed by atoms with Crippen molar-refractivity contribution in [2.75, 3.05) is 39.3 Å². The maximum absolute atomic E-state index is 6.64. The number of rotatable bonds is 23. The van der Waals surface area contributed by atoms with Crippen molar-refractivity contribution < 1.29 is 0 Å². The number of benzene rings is 4. The van der Waals surface area contributed by atoms with E-state index < -0.39 is 0 Å². The van der Waals surface area contributed by atoms with E-state index >= 15 is 0 Å². The maximum atomic E-state index is 6.64. The van der Waals surface area contributed by atoms with E-state index in [0.29, 0.717) is 0 Å². The van der Waals surface area contributed by atoms with Crippen LogP contribution in [0.25, 0.3) is 11.1 Å². The second-order valence-corrected chi connectivity index (χ2v) is 12.4. The van der Waals surface area contributed by atoms with Crippen molar-refractivity contribution in [3.05, 3.63) is 131 Å². The summed E-state index contributed by atoms with van der Waals surface area (Å²) in [7, 11) is 0. The Bertz CT molecular complexity index is 1250. The van der Waals surface area contributed by atoms with Crippen LogP contribution in [0.4, 0.5) is 0 Å². The van der Waals surface area contributed by atoms with E-state index in [2.05, 4.69) is 130 Å². The first-order valence-corrected chi connectivity index (χ1v) is 17.3. The van der Waals surface area contributed by atoms with Gasteiger partial charge in [0.05, 0.1) is 0 Å². The molecule has 2 unspecified atom stereocenters. The first kappa shape index (κ1) is 35.5. The number of nitrogens with two attached hydrogens (primary N) is 2. The van der Waals surface area contributed by atoms with Gasteiger partial charge in [0.2, 0.25) is 0 Å². The van der Waals surface area contributed by atoms with Crippen molar-refractivity contribution in [3.8, 4) is 11.1 Å². The van der Waals surface area contributed by atoms with Crippen molar-refractivity contribution in [2.24, 2.45) is 11.5 Å². The molecule has 0 fully saturated rings. The quantitative estimate of drug-likeness (QED) is 0.0621. The van der Waals surface area contributed by atoms with Crippen LogP contribution in [0, 0.1) is 0 Å². The molecule has 0 aliphatic carbocycles. The summed E-state index contributed by atoms with van der Waals surface area (Å²) >= 11 is 0. The molecule has 0 amide bonds. The molecular weight excluding hydrogens is 564 g/mol. The maximum Gasteiger partial charge on any atom is 0.0205 e. The fraction of sp³-hybridized carbons (Fsp3) is 0.400. The highest BCUT2D eigenvalue weighted by Gasteiger charge is 2.11. The molecule has 0 spiro atoms. The predicted molar refractivity (Wildman–Crippen MR) is 196 cm³/mol. The van der Waals surface area contributed by atoms with Gasteiger partial charge in [-0.25, -0.2) is 0 Å². The molecule has 0 heterocycles. The standard InChI is InChI=1S/C40H56N6/c41-39(18-24-43-20-10-22-45-31-33-12-4-1-5-13-33)29-35-26-36(28-38(27-35)37-16-8-3-9-17-37)30-40(42)19-25-44-21-11-23-46-32-34-14-6-2-7-15-34/h1-9,12-17,26-28,39-40,43-46H,10-11,18-25,29-32,41-42H2. The Morgan fingerprint density at radius 2 is 0.826 bits per heavy atom. The van der Waals surface area contributed by atoms with Crippen molar-refractivity contribution >= 4 is 0 Å². The van der Waals surface area contributed by atoms with Gasteiger partial charge < -0.3 is 32.7 Å². The summed E-state index contributed by atoms with van der Waals surface area (Å²) in [5.74, 6) is 0. The van der Waals surface area contributed by atoms with Crippen LogP contribution in [0.1, 0.15) is 47.9 Å². The third-order valence-corrected chi connectivity index (χ3v) is 8.30. The molecule has 46 heavy (non-hydrogen) atoms. The molecule has 0 aliphatic heterocycles. The number of hydrogen-bond donors (Lipinski definition) is 6. The molecule has 0 saturated heterocycles. The average Bonchev–Trinajstić information content (AvgIpc) is 3.08. The molecule has 0 saturated carbocycles. The lowest BCUT2D eigenvalue weighted by atomic mass is 9.93. The van der Waals surface area contributed by atoms with Crippen LogP contribution in [0.3, 0.4) is 0 Å². The zero-order valence-electron chi connectivity index (χ0n) is 27.6. The monoisotopic (exact) mass is 620 g/mol. The van der Waals surface area contributed by atoms with E-state index in [1.807, 2.05) is 0 Å². The summed E-state index contributed by atoms with van der Waals surface area (Å²) in [6.07, 6.45) is 5.84. The van der Waals surface area contributed by atoms with Gasteiger partial charge in [-0.05, 0) is 111 Å². The van der Waals surface area contributed by atoms with E-state index in [0.717, 1.165) is 90.9 Å². The lowest BCUT2D eigenvalue weighted by Gasteiger charge is -2.17. The number of nitrogens with one attached hydrogen (secondary N) is 4. The van der Waals surface area contributed by atoms with Crippen LogP contribution < -0.4 is 32.7 Å². The predicted octanol–water partition coefficient (Wildman–Crippen LogP) is 5.41. The molecule has 8 N–H and O–H groups in total. The van der Waals surface area contributed by atoms with Gasteiger partial charge in [0, 0.05) is 25.2 Å². The van der Waals surface area contributed by atoms with E-state index in [1.165, 1.54) is 33.4 Å². The zero-order valence-corrected chi connectivity index (χ0v) is 27.6. The topological polar surface area (TPSA) is 100 Å². The van der Waals surface area contributed by atoms with Gasteiger partial charge in [-0.2, -0.15) is 0 Å². The van der Waals surface area contributed by atoms with Crippen LogP contribution in [0.2, 0.25) is 0 Å². The SMILES string of the molecule is NC(CCNCCCNCc1ccccc1)Cc1cc(CC(N)CCNCCCNCc2ccccc2)cc(-c2ccccc2)c1. The summed E-state index contributed by atoms with van der Waals surface area (Å²) in [5, 5.41) is 14.2. The smallest absolute Gasteiger partial charge is 0.0205 e. The van der Waals surface area contributed by atoms with Gasteiger partial charge in [0.15, 0.2) is 0 Å². The Balaban J connectivity index is 1.15. The Kier molecular flexibility index (Phi) is 16.5. The van der Waals surface area contributed by atoms with Crippen molar-refractivity contribution in [1.29, 1.82) is 0 Å². The Morgan fingerprint density at radius 3 is 1.28 bits per heavy atom. The molecule has 0 bridgehead atoms. The van der Waals surface area contributed by atoms with Crippen LogP contribution >= 0.6 is 0 Å². The molecule has 0 radical (unpaired) electrons. The molecular formula is C40H56N6. The Labute approximate surface area is 277 Å². The van der Waals surface area contributed by atoms with Gasteiger partial charge in [0.1, 0.15) is 0 Å². The highest BCUT2D eigenvalue weighted by Crippen LogP contribution is 2.24. The van der Waals surface area contributed by atoms with Gasteiger partial charge in [0.25, 0.3) is 0 Å². The molecule has 4 aromatic carbocycles. The fourth-order valence-corrected chi connectivity index (χ4v) is 5.76. The van der Waals surface area contributed by atoms with Crippen molar-refractivity contribution in [2.45, 2.75) is 63.7 Å². The summed E-state index contributed by atoms with van der Waals surface area (Å²) < 4.78 is 0. The lowest BCUT2D eigenvalue weighted by molar-refractivity contribution is 0.537. The second kappa shape index (κ2) is 21.4. The second-order valence-electron chi connectivity index (χ2n) is 12.4. The summed E-state index contributed by atoms with van der Waals surface area (Å²) in [6, 6.07) is 38.9. The molecule has 0 aromatic heterocycles. The van der Waals surface area contributed by atoms with Gasteiger partial charge in [-0.3, -0.25) is 0 Å². The first-order valence-electron chi connectivity index (χ1n) is 17.3. The van der Waals surface area contributed by atoms with E-state index in [4.69, 9.17) is 11.5 Å². The Morgan fingerprint density at radius 1 is 0.413 bits per heavy atom. The summed E-state index contributed by atoms with van der Waals surface area (Å²) in [4.78, 5) is 0. The Hall–Kier alpha value is -3.36. The zero-order chi connectivity index (χ0) is 32.1. The minimum atomic E-state index is 0.114. The fourth-order valence-electron chi connectivity index (χ4n) is 5.76. The molecule has 4 rings (SSSR count). The minimum Gasteiger partial charge on any atom is -0.327 e. The van der Waals surface area contributed by atoms with E-state index in [1.54, 1.807) is 0 Å². The van der Waals surface area contributed by atoms with Crippen molar-refractivity contribution in [3.63, 3.8) is 0 Å². The van der Waals surface area contributed by atoms with Crippen LogP contribution in [-0.4, -0.2) is 51.4 Å². The summed E-state index contributed by atoms with van der Waals surface area (Å²) in [6.45, 7) is 7.73. The summed E-state index contributed by atoms with van der Waals surface area (Å²) in [5.41, 5.74) is 21.0. The molecule has 2 atom stereocenters. The van der Waals surface area contributed by atoms with E-state index in [-0.39, 0.29) is 12.1 Å². The molecule has 0 aliphatic rings. The average molecular weight is 621 g/mol. The molecule has 6 heteroatoms. The van der Waals surface area contributed by atoms with Gasteiger partial charge >= 0.3 is 0 Å². The molecule has 246 valence electrons. The third kappa shape index (κ3) is 14.4. The highest BCUT2D eigenvalue weighted by atomic mass is 14.9. The van der Waals surface area contributed by atoms with Crippen LogP contribution in [-0.2, 0) is 25.9 Å². The largest absolute Gasteiger partial charge is 0.327 e. The first-order chi connectivity index (χ1) is 22.7. The highest BCUT2D eigenvalue weighted by molar-refractivity contribution is 5.65. The molecule has 4 aromatic rings. The number of hydrogen-bond acceptors (Lipinski definition) is 6.